The number of hydrogen-bond donors (Lipinski definition) is 2. The molecule has 4 amide bonds. The molecule has 9 heterocycles. The van der Waals surface area contributed by atoms with Crippen molar-refractivity contribution in [3.8, 4) is 11.3 Å². The lowest BCUT2D eigenvalue weighted by molar-refractivity contribution is -0.142. The second-order valence-electron chi connectivity index (χ2n) is 23.5. The van der Waals surface area contributed by atoms with Gasteiger partial charge in [-0.05, 0) is 91.9 Å². The highest BCUT2D eigenvalue weighted by atomic mass is 79.9. The standard InChI is InChI=1S/C28H32BClN4O5.C27H27ClN6O3.C4H5BrN2/c1-27(2)14-33(15-27)23(35)13-34-24-20(22(9-10-31-24)29-38-16-28(3,4)17-39-29)11-21(26(34)37)25(36)32-12-18-5-7-19(30)8-6-18;1-27(2)14-33(15-27)23(35)13-34-24-20(19(8-9-29-24)22-12-32(3)16-31-22)10-21(26(34)37)25(36)30-11-17-4-6-18(28)7-5-17;1-7-2-4(5)6-3-7/h5-11H,12-17H2,1-4H3,(H,32,36);4-10,12,16H,11,13-15H2,1-3H3,(H,30,36);2-3H,1H3. The zero-order valence-electron chi connectivity index (χ0n) is 47.4. The minimum absolute atomic E-state index is 0.0426. The molecule has 432 valence electrons. The van der Waals surface area contributed by atoms with Gasteiger partial charge in [0.2, 0.25) is 11.8 Å². The third-order valence-corrected chi connectivity index (χ3v) is 15.1. The van der Waals surface area contributed by atoms with Gasteiger partial charge in [-0.15, -0.1) is 0 Å². The first-order chi connectivity index (χ1) is 39.3. The van der Waals surface area contributed by atoms with Gasteiger partial charge in [-0.1, -0.05) is 89.0 Å². The van der Waals surface area contributed by atoms with E-state index in [4.69, 9.17) is 32.5 Å². The van der Waals surface area contributed by atoms with Gasteiger partial charge >= 0.3 is 7.12 Å². The van der Waals surface area contributed by atoms with E-state index in [1.54, 1.807) is 102 Å². The Bertz CT molecular complexity index is 3840. The first kappa shape index (κ1) is 60.1. The molecule has 2 aromatic carbocycles. The number of imidazole rings is 2. The van der Waals surface area contributed by atoms with Gasteiger partial charge in [-0.2, -0.15) is 0 Å². The van der Waals surface area contributed by atoms with Gasteiger partial charge in [0.25, 0.3) is 22.9 Å². The topological polar surface area (TPSA) is 223 Å². The SMILES string of the molecule is CC1(C)COB(c2ccnc3c2cc(C(=O)NCc2ccc(Cl)cc2)c(=O)n3CC(=O)N2CC(C)(C)C2)OC1.Cn1cnc(-c2ccnc3c2cc(C(=O)NCc2ccc(Cl)cc2)c(=O)n3CC(=O)N2CC(C)(C)C2)c1.Cn1cnc(Br)c1. The van der Waals surface area contributed by atoms with Gasteiger partial charge in [0.15, 0.2) is 0 Å². The fourth-order valence-electron chi connectivity index (χ4n) is 9.96. The second kappa shape index (κ2) is 24.8. The number of carbonyl (C=O) groups is 4. The normalized spacial score (nSPS) is 15.7. The van der Waals surface area contributed by atoms with Crippen LogP contribution in [0.25, 0.3) is 33.3 Å². The maximum absolute atomic E-state index is 13.7. The second-order valence-corrected chi connectivity index (χ2v) is 25.2. The molecule has 24 heteroatoms. The number of benzene rings is 2. The van der Waals surface area contributed by atoms with Crippen molar-refractivity contribution in [3.63, 3.8) is 0 Å². The van der Waals surface area contributed by atoms with E-state index in [9.17, 15) is 28.8 Å². The molecule has 3 fully saturated rings. The van der Waals surface area contributed by atoms with Gasteiger partial charge in [0, 0.05) is 123 Å². The van der Waals surface area contributed by atoms with E-state index in [2.05, 4.69) is 88.0 Å². The third-order valence-electron chi connectivity index (χ3n) is 14.2. The summed E-state index contributed by atoms with van der Waals surface area (Å²) in [4.78, 5) is 101. The molecule has 20 nitrogen and oxygen atoms in total. The van der Waals surface area contributed by atoms with Crippen LogP contribution in [0.2, 0.25) is 10.0 Å². The number of rotatable bonds is 12. The Kier molecular flexibility index (Phi) is 17.9. The largest absolute Gasteiger partial charge is 0.494 e. The fourth-order valence-corrected chi connectivity index (χ4v) is 10.6. The Labute approximate surface area is 498 Å². The molecule has 0 radical (unpaired) electrons. The molecule has 6 aromatic heterocycles. The summed E-state index contributed by atoms with van der Waals surface area (Å²) in [7, 11) is 3.10. The molecule has 0 atom stereocenters. The van der Waals surface area contributed by atoms with E-state index in [-0.39, 0.29) is 65.4 Å². The highest BCUT2D eigenvalue weighted by Crippen LogP contribution is 2.31. The Morgan fingerprint density at radius 3 is 1.47 bits per heavy atom. The summed E-state index contributed by atoms with van der Waals surface area (Å²) in [5, 5.41) is 7.90. The highest BCUT2D eigenvalue weighted by Gasteiger charge is 2.40. The number of carbonyl (C=O) groups excluding carboxylic acids is 4. The predicted molar refractivity (Wildman–Crippen MR) is 322 cm³/mol. The highest BCUT2D eigenvalue weighted by molar-refractivity contribution is 9.10. The van der Waals surface area contributed by atoms with Crippen molar-refractivity contribution >= 4 is 97.4 Å². The van der Waals surface area contributed by atoms with Gasteiger partial charge in [0.05, 0.1) is 18.3 Å². The number of aromatic nitrogens is 8. The van der Waals surface area contributed by atoms with Crippen molar-refractivity contribution in [3.05, 3.63) is 168 Å². The number of amides is 4. The van der Waals surface area contributed by atoms with Crippen LogP contribution in [0.3, 0.4) is 0 Å². The van der Waals surface area contributed by atoms with E-state index in [0.717, 1.165) is 15.7 Å². The lowest BCUT2D eigenvalue weighted by atomic mass is 9.74. The summed E-state index contributed by atoms with van der Waals surface area (Å²) in [5.41, 5.74) is 2.99. The fraction of sp³-hybridized carbons (Fsp3) is 0.356. The third kappa shape index (κ3) is 14.5. The summed E-state index contributed by atoms with van der Waals surface area (Å²) in [6.45, 7) is 15.9. The number of likely N-dealkylation sites (tertiary alicyclic amines) is 2. The minimum atomic E-state index is -0.689. The molecule has 8 aromatic rings. The van der Waals surface area contributed by atoms with E-state index >= 15 is 0 Å². The summed E-state index contributed by atoms with van der Waals surface area (Å²) < 4.78 is 19.2. The van der Waals surface area contributed by atoms with Crippen LogP contribution in [0.4, 0.5) is 0 Å². The van der Waals surface area contributed by atoms with Crippen LogP contribution in [0.15, 0.2) is 124 Å². The van der Waals surface area contributed by atoms with Crippen LogP contribution in [-0.4, -0.2) is 118 Å². The maximum Gasteiger partial charge on any atom is 0.494 e. The Hall–Kier alpha value is -7.50. The first-order valence-corrected chi connectivity index (χ1v) is 28.4. The van der Waals surface area contributed by atoms with E-state index < -0.39 is 30.1 Å². The number of halogens is 3. The first-order valence-electron chi connectivity index (χ1n) is 26.8. The molecular formula is C59H64BBrCl2N12O8. The van der Waals surface area contributed by atoms with Gasteiger partial charge in [-0.3, -0.25) is 37.9 Å². The monoisotopic (exact) mass is 1230 g/mol. The van der Waals surface area contributed by atoms with E-state index in [1.165, 1.54) is 15.2 Å². The average Bonchev–Trinajstić information content (AvgIpc) is 4.16. The van der Waals surface area contributed by atoms with Crippen LogP contribution in [0.1, 0.15) is 73.4 Å². The van der Waals surface area contributed by atoms with Crippen LogP contribution in [0, 0.1) is 16.2 Å². The molecular weight excluding hydrogens is 1170 g/mol. The Morgan fingerprint density at radius 2 is 1.05 bits per heavy atom. The zero-order chi connectivity index (χ0) is 59.5. The smallest absolute Gasteiger partial charge is 0.407 e. The van der Waals surface area contributed by atoms with Gasteiger partial charge in [0.1, 0.15) is 40.1 Å². The minimum Gasteiger partial charge on any atom is -0.407 e. The molecule has 0 aliphatic carbocycles. The van der Waals surface area contributed by atoms with Crippen LogP contribution >= 0.6 is 39.1 Å². The zero-order valence-corrected chi connectivity index (χ0v) is 50.5. The van der Waals surface area contributed by atoms with Crippen molar-refractivity contribution in [2.45, 2.75) is 67.7 Å². The molecule has 2 N–H and O–H groups in total. The average molecular weight is 1230 g/mol. The number of nitrogens with one attached hydrogen (secondary N) is 2. The van der Waals surface area contributed by atoms with Crippen molar-refractivity contribution in [2.75, 3.05) is 39.4 Å². The lowest BCUT2D eigenvalue weighted by Gasteiger charge is -2.45. The number of pyridine rings is 4. The van der Waals surface area contributed by atoms with Crippen molar-refractivity contribution in [1.82, 2.24) is 58.6 Å². The van der Waals surface area contributed by atoms with E-state index in [1.807, 2.05) is 35.6 Å². The number of nitrogens with zero attached hydrogens (tertiary/aromatic N) is 10. The van der Waals surface area contributed by atoms with Crippen molar-refractivity contribution in [2.24, 2.45) is 30.3 Å². The quantitative estimate of drug-likeness (QED) is 0.118. The van der Waals surface area contributed by atoms with Gasteiger partial charge in [-0.25, -0.2) is 19.9 Å². The van der Waals surface area contributed by atoms with E-state index in [0.29, 0.717) is 88.2 Å². The summed E-state index contributed by atoms with van der Waals surface area (Å²) in [6.07, 6.45) is 10.3. The lowest BCUT2D eigenvalue weighted by Crippen LogP contribution is -2.56. The number of aryl methyl sites for hydroxylation is 2. The molecule has 0 bridgehead atoms. The summed E-state index contributed by atoms with van der Waals surface area (Å²) >= 11 is 15.1. The Morgan fingerprint density at radius 1 is 0.602 bits per heavy atom. The van der Waals surface area contributed by atoms with Crippen molar-refractivity contribution < 1.29 is 28.5 Å². The maximum atomic E-state index is 13.7. The molecule has 11 rings (SSSR count). The summed E-state index contributed by atoms with van der Waals surface area (Å²) in [5.74, 6) is -1.48. The molecule has 3 saturated heterocycles. The van der Waals surface area contributed by atoms with Crippen LogP contribution in [-0.2, 0) is 59.2 Å². The summed E-state index contributed by atoms with van der Waals surface area (Å²) in [6, 6.07) is 20.8. The number of fused-ring (bicyclic) bond motifs is 2. The molecule has 0 saturated carbocycles. The molecule has 0 spiro atoms. The van der Waals surface area contributed by atoms with Gasteiger partial charge < -0.3 is 38.9 Å². The Balaban J connectivity index is 0.000000178. The molecule has 0 unspecified atom stereocenters. The molecule has 3 aliphatic heterocycles. The number of hydrogen-bond acceptors (Lipinski definition) is 12. The molecule has 83 heavy (non-hydrogen) atoms. The predicted octanol–water partition coefficient (Wildman–Crippen LogP) is 7.05. The van der Waals surface area contributed by atoms with Crippen LogP contribution in [0.5, 0.6) is 0 Å². The molecule has 3 aliphatic rings. The van der Waals surface area contributed by atoms with Crippen molar-refractivity contribution in [1.29, 1.82) is 0 Å². The van der Waals surface area contributed by atoms with Crippen LogP contribution < -0.4 is 27.2 Å².